The van der Waals surface area contributed by atoms with Crippen LogP contribution >= 0.6 is 0 Å². The molecule has 0 bridgehead atoms. The first-order chi connectivity index (χ1) is 9.19. The van der Waals surface area contributed by atoms with Crippen LogP contribution in [0, 0.1) is 6.92 Å². The van der Waals surface area contributed by atoms with Crippen molar-refractivity contribution < 1.29 is 5.11 Å². The van der Waals surface area contributed by atoms with Gasteiger partial charge in [0.25, 0.3) is 0 Å². The molecule has 0 fully saturated rings. The molecule has 0 atom stereocenters. The van der Waals surface area contributed by atoms with E-state index in [1.54, 1.807) is 0 Å². The minimum Gasteiger partial charge on any atom is -0.396 e. The maximum Gasteiger partial charge on any atom is 0.109 e. The summed E-state index contributed by atoms with van der Waals surface area (Å²) in [6.07, 6.45) is 2.36. The quantitative estimate of drug-likeness (QED) is 0.751. The third-order valence-corrected chi connectivity index (χ3v) is 3.28. The number of aliphatic hydroxyl groups is 1. The van der Waals surface area contributed by atoms with Crippen LogP contribution in [0.1, 0.15) is 11.5 Å². The summed E-state index contributed by atoms with van der Waals surface area (Å²) in [6.45, 7) is 2.09. The molecule has 3 aromatic rings. The highest BCUT2D eigenvalue weighted by molar-refractivity contribution is 5.81. The second kappa shape index (κ2) is 4.51. The van der Waals surface area contributed by atoms with Crippen molar-refractivity contribution in [3.05, 3.63) is 36.0 Å². The van der Waals surface area contributed by atoms with Crippen LogP contribution in [0.25, 0.3) is 22.3 Å². The van der Waals surface area contributed by atoms with Gasteiger partial charge in [-0.1, -0.05) is 6.07 Å². The fourth-order valence-electron chi connectivity index (χ4n) is 2.31. The second-order valence-electron chi connectivity index (χ2n) is 4.69. The van der Waals surface area contributed by atoms with Crippen molar-refractivity contribution in [3.8, 4) is 11.3 Å². The molecule has 0 aliphatic heterocycles. The van der Waals surface area contributed by atoms with Crippen LogP contribution in [-0.2, 0) is 13.5 Å². The molecular weight excluding hydrogens is 240 g/mol. The third kappa shape index (κ3) is 2.02. The lowest BCUT2D eigenvalue weighted by molar-refractivity contribution is 0.297. The molecule has 1 aromatic carbocycles. The summed E-state index contributed by atoms with van der Waals surface area (Å²) in [6, 6.07) is 6.15. The molecule has 0 amide bonds. The van der Waals surface area contributed by atoms with Gasteiger partial charge in [0.05, 0.1) is 29.7 Å². The van der Waals surface area contributed by atoms with Gasteiger partial charge in [-0.2, -0.15) is 0 Å². The number of aromatic nitrogens is 4. The summed E-state index contributed by atoms with van der Waals surface area (Å²) in [5.41, 5.74) is 5.05. The number of aromatic amines is 1. The Morgan fingerprint density at radius 2 is 2.21 bits per heavy atom. The zero-order valence-corrected chi connectivity index (χ0v) is 11.0. The van der Waals surface area contributed by atoms with Crippen molar-refractivity contribution in [2.45, 2.75) is 13.3 Å². The Bertz CT molecular complexity index is 726. The van der Waals surface area contributed by atoms with Crippen LogP contribution in [0.5, 0.6) is 0 Å². The first-order valence-electron chi connectivity index (χ1n) is 6.27. The molecule has 3 rings (SSSR count). The number of nitrogens with zero attached hydrogens (tertiary/aromatic N) is 3. The van der Waals surface area contributed by atoms with E-state index in [4.69, 9.17) is 5.11 Å². The first-order valence-corrected chi connectivity index (χ1v) is 6.27. The second-order valence-corrected chi connectivity index (χ2v) is 4.69. The number of fused-ring (bicyclic) bond motifs is 1. The van der Waals surface area contributed by atoms with Crippen molar-refractivity contribution >= 4 is 11.0 Å². The molecule has 5 heteroatoms. The van der Waals surface area contributed by atoms with Crippen molar-refractivity contribution in [1.82, 2.24) is 19.5 Å². The smallest absolute Gasteiger partial charge is 0.109 e. The van der Waals surface area contributed by atoms with E-state index in [0.29, 0.717) is 6.42 Å². The zero-order valence-electron chi connectivity index (χ0n) is 11.0. The molecule has 0 spiro atoms. The molecular formula is C14H16N4O. The van der Waals surface area contributed by atoms with Crippen LogP contribution in [0.4, 0.5) is 0 Å². The Balaban J connectivity index is 2.08. The van der Waals surface area contributed by atoms with Crippen molar-refractivity contribution in [1.29, 1.82) is 0 Å². The summed E-state index contributed by atoms with van der Waals surface area (Å²) in [4.78, 5) is 12.1. The lowest BCUT2D eigenvalue weighted by Gasteiger charge is -2.00. The molecule has 0 saturated heterocycles. The topological polar surface area (TPSA) is 66.7 Å². The van der Waals surface area contributed by atoms with E-state index in [0.717, 1.165) is 33.8 Å². The van der Waals surface area contributed by atoms with Crippen LogP contribution in [-0.4, -0.2) is 31.2 Å². The SMILES string of the molecule is Cc1[nH]c(CCO)nc1-c1ccc2c(c1)ncn2C. The van der Waals surface area contributed by atoms with Crippen LogP contribution < -0.4 is 0 Å². The number of aliphatic hydroxyl groups excluding tert-OH is 1. The molecule has 2 aromatic heterocycles. The number of hydrogen-bond acceptors (Lipinski definition) is 3. The van der Waals surface area contributed by atoms with Crippen molar-refractivity contribution in [3.63, 3.8) is 0 Å². The van der Waals surface area contributed by atoms with Crippen molar-refractivity contribution in [2.75, 3.05) is 6.61 Å². The molecule has 19 heavy (non-hydrogen) atoms. The van der Waals surface area contributed by atoms with Crippen LogP contribution in [0.3, 0.4) is 0 Å². The molecule has 5 nitrogen and oxygen atoms in total. The first kappa shape index (κ1) is 11.9. The lowest BCUT2D eigenvalue weighted by atomic mass is 10.1. The summed E-state index contributed by atoms with van der Waals surface area (Å²) in [5.74, 6) is 0.816. The number of nitrogens with one attached hydrogen (secondary N) is 1. The summed E-state index contributed by atoms with van der Waals surface area (Å²) >= 11 is 0. The molecule has 2 heterocycles. The van der Waals surface area contributed by atoms with Gasteiger partial charge in [-0.15, -0.1) is 0 Å². The van der Waals surface area contributed by atoms with E-state index in [9.17, 15) is 0 Å². The Morgan fingerprint density at radius 1 is 1.37 bits per heavy atom. The summed E-state index contributed by atoms with van der Waals surface area (Å²) in [5, 5.41) is 8.96. The minimum atomic E-state index is 0.103. The van der Waals surface area contributed by atoms with Gasteiger partial charge in [0, 0.05) is 24.7 Å². The van der Waals surface area contributed by atoms with Gasteiger partial charge in [0.2, 0.25) is 0 Å². The third-order valence-electron chi connectivity index (χ3n) is 3.28. The van der Waals surface area contributed by atoms with E-state index in [-0.39, 0.29) is 6.61 Å². The number of rotatable bonds is 3. The molecule has 0 saturated carbocycles. The summed E-state index contributed by atoms with van der Waals surface area (Å²) in [7, 11) is 1.98. The maximum atomic E-state index is 8.96. The van der Waals surface area contributed by atoms with E-state index < -0.39 is 0 Å². The number of H-pyrrole nitrogens is 1. The highest BCUT2D eigenvalue weighted by Gasteiger charge is 2.10. The fraction of sp³-hybridized carbons (Fsp3) is 0.286. The van der Waals surface area contributed by atoms with Gasteiger partial charge in [0.15, 0.2) is 0 Å². The number of benzene rings is 1. The lowest BCUT2D eigenvalue weighted by Crippen LogP contribution is -1.92. The largest absolute Gasteiger partial charge is 0.396 e. The molecule has 0 aliphatic rings. The predicted molar refractivity (Wildman–Crippen MR) is 73.8 cm³/mol. The van der Waals surface area contributed by atoms with Gasteiger partial charge in [-0.05, 0) is 19.1 Å². The van der Waals surface area contributed by atoms with E-state index in [1.165, 1.54) is 0 Å². The van der Waals surface area contributed by atoms with Gasteiger partial charge in [-0.3, -0.25) is 0 Å². The predicted octanol–water partition coefficient (Wildman–Crippen LogP) is 1.81. The highest BCUT2D eigenvalue weighted by Crippen LogP contribution is 2.24. The molecule has 0 radical (unpaired) electrons. The Labute approximate surface area is 110 Å². The Kier molecular flexibility index (Phi) is 2.83. The zero-order chi connectivity index (χ0) is 13.4. The molecule has 98 valence electrons. The average Bonchev–Trinajstić information content (AvgIpc) is 2.94. The maximum absolute atomic E-state index is 8.96. The molecule has 2 N–H and O–H groups in total. The van der Waals surface area contributed by atoms with Gasteiger partial charge in [-0.25, -0.2) is 9.97 Å². The van der Waals surface area contributed by atoms with Gasteiger partial charge >= 0.3 is 0 Å². The van der Waals surface area contributed by atoms with Gasteiger partial charge < -0.3 is 14.7 Å². The standard InChI is InChI=1S/C14H16N4O/c1-9-14(17-13(16-9)5-6-19)10-3-4-12-11(7-10)15-8-18(12)2/h3-4,7-8,19H,5-6H2,1-2H3,(H,16,17). The van der Waals surface area contributed by atoms with Crippen molar-refractivity contribution in [2.24, 2.45) is 7.05 Å². The number of imidazole rings is 2. The van der Waals surface area contributed by atoms with E-state index >= 15 is 0 Å². The van der Waals surface area contributed by atoms with E-state index in [2.05, 4.69) is 27.1 Å². The van der Waals surface area contributed by atoms with E-state index in [1.807, 2.05) is 30.9 Å². The van der Waals surface area contributed by atoms with Crippen LogP contribution in [0.15, 0.2) is 24.5 Å². The average molecular weight is 256 g/mol. The van der Waals surface area contributed by atoms with Gasteiger partial charge in [0.1, 0.15) is 5.82 Å². The fourth-order valence-corrected chi connectivity index (χ4v) is 2.31. The summed E-state index contributed by atoms with van der Waals surface area (Å²) < 4.78 is 1.99. The van der Waals surface area contributed by atoms with Crippen LogP contribution in [0.2, 0.25) is 0 Å². The number of hydrogen-bond donors (Lipinski definition) is 2. The normalized spacial score (nSPS) is 11.3. The number of aryl methyl sites for hydroxylation is 2. The Morgan fingerprint density at radius 3 is 3.00 bits per heavy atom. The minimum absolute atomic E-state index is 0.103. The molecule has 0 aliphatic carbocycles. The highest BCUT2D eigenvalue weighted by atomic mass is 16.3. The Hall–Kier alpha value is -2.14. The monoisotopic (exact) mass is 256 g/mol. The molecule has 0 unspecified atom stereocenters.